The van der Waals surface area contributed by atoms with E-state index < -0.39 is 0 Å². The summed E-state index contributed by atoms with van der Waals surface area (Å²) in [5.41, 5.74) is 1.44. The lowest BCUT2D eigenvalue weighted by Crippen LogP contribution is -2.49. The van der Waals surface area contributed by atoms with Gasteiger partial charge in [0.05, 0.1) is 5.69 Å². The van der Waals surface area contributed by atoms with Crippen LogP contribution in [-0.4, -0.2) is 66.7 Å². The number of carbonyl (C=O) groups excluding carboxylic acids is 3. The van der Waals surface area contributed by atoms with Crippen LogP contribution in [0.25, 0.3) is 0 Å². The van der Waals surface area contributed by atoms with Crippen molar-refractivity contribution in [3.8, 4) is 0 Å². The van der Waals surface area contributed by atoms with Crippen LogP contribution in [0.4, 0.5) is 5.69 Å². The highest BCUT2D eigenvalue weighted by molar-refractivity contribution is 6.10. The molecule has 1 aromatic carbocycles. The molecule has 150 valence electrons. The van der Waals surface area contributed by atoms with Crippen molar-refractivity contribution < 1.29 is 14.4 Å². The Labute approximate surface area is 166 Å². The van der Waals surface area contributed by atoms with Crippen molar-refractivity contribution in [2.45, 2.75) is 38.5 Å². The maximum Gasteiger partial charge on any atom is 0.227 e. The second-order valence-corrected chi connectivity index (χ2v) is 8.13. The highest BCUT2D eigenvalue weighted by Gasteiger charge is 2.34. The van der Waals surface area contributed by atoms with E-state index in [4.69, 9.17) is 0 Å². The summed E-state index contributed by atoms with van der Waals surface area (Å²) in [5, 5.41) is 0. The van der Waals surface area contributed by atoms with Crippen molar-refractivity contribution >= 4 is 23.3 Å². The number of amides is 2. The molecule has 2 aliphatic heterocycles. The maximum atomic E-state index is 12.5. The third-order valence-electron chi connectivity index (χ3n) is 6.08. The number of nitrogens with zero attached hydrogens (tertiary/aromatic N) is 3. The minimum atomic E-state index is 0.0468. The van der Waals surface area contributed by atoms with Crippen molar-refractivity contribution in [2.75, 3.05) is 44.2 Å². The maximum absolute atomic E-state index is 12.5. The molecule has 0 N–H and O–H groups in total. The molecule has 3 aliphatic rings. The van der Waals surface area contributed by atoms with Crippen molar-refractivity contribution in [3.05, 3.63) is 29.8 Å². The summed E-state index contributed by atoms with van der Waals surface area (Å²) in [6.45, 7) is 5.22. The van der Waals surface area contributed by atoms with Crippen LogP contribution in [0.15, 0.2) is 24.3 Å². The average molecular weight is 383 g/mol. The van der Waals surface area contributed by atoms with Gasteiger partial charge >= 0.3 is 0 Å². The molecule has 0 unspecified atom stereocenters. The Morgan fingerprint density at radius 1 is 0.929 bits per heavy atom. The highest BCUT2D eigenvalue weighted by Crippen LogP contribution is 2.31. The van der Waals surface area contributed by atoms with Gasteiger partial charge in [-0.1, -0.05) is 12.1 Å². The zero-order valence-electron chi connectivity index (χ0n) is 16.4. The molecule has 2 fully saturated rings. The van der Waals surface area contributed by atoms with Gasteiger partial charge in [-0.05, 0) is 44.4 Å². The predicted molar refractivity (Wildman–Crippen MR) is 107 cm³/mol. The smallest absolute Gasteiger partial charge is 0.227 e. The molecule has 0 radical (unpaired) electrons. The number of piperazine rings is 1. The first-order valence-electron chi connectivity index (χ1n) is 10.6. The summed E-state index contributed by atoms with van der Waals surface area (Å²) in [7, 11) is 0. The second kappa shape index (κ2) is 8.43. The zero-order valence-corrected chi connectivity index (χ0v) is 16.4. The van der Waals surface area contributed by atoms with Gasteiger partial charge in [-0.3, -0.25) is 19.3 Å². The Kier molecular flexibility index (Phi) is 5.76. The first-order chi connectivity index (χ1) is 13.6. The van der Waals surface area contributed by atoms with Crippen LogP contribution in [0, 0.1) is 5.92 Å². The minimum absolute atomic E-state index is 0.0468. The van der Waals surface area contributed by atoms with Crippen LogP contribution < -0.4 is 4.90 Å². The van der Waals surface area contributed by atoms with E-state index in [1.165, 1.54) is 0 Å². The van der Waals surface area contributed by atoms with Crippen LogP contribution in [-0.2, 0) is 9.59 Å². The second-order valence-electron chi connectivity index (χ2n) is 8.13. The molecular formula is C22H29N3O3. The van der Waals surface area contributed by atoms with Gasteiger partial charge in [-0.2, -0.15) is 0 Å². The normalized spacial score (nSPS) is 20.9. The van der Waals surface area contributed by atoms with E-state index in [0.717, 1.165) is 64.1 Å². The molecule has 2 heterocycles. The van der Waals surface area contributed by atoms with Gasteiger partial charge in [0.2, 0.25) is 11.8 Å². The third kappa shape index (κ3) is 4.27. The van der Waals surface area contributed by atoms with E-state index in [1.54, 1.807) is 4.90 Å². The number of hydrogen-bond donors (Lipinski definition) is 0. The molecule has 0 aromatic heterocycles. The van der Waals surface area contributed by atoms with Gasteiger partial charge in [0.15, 0.2) is 5.78 Å². The summed E-state index contributed by atoms with van der Waals surface area (Å²) >= 11 is 0. The molecule has 1 aromatic rings. The fraction of sp³-hybridized carbons (Fsp3) is 0.591. The zero-order chi connectivity index (χ0) is 19.5. The van der Waals surface area contributed by atoms with E-state index in [9.17, 15) is 14.4 Å². The number of rotatable bonds is 6. The Balaban J connectivity index is 1.24. The Morgan fingerprint density at radius 3 is 2.39 bits per heavy atom. The van der Waals surface area contributed by atoms with E-state index in [-0.39, 0.29) is 11.7 Å². The van der Waals surface area contributed by atoms with Crippen LogP contribution in [0.2, 0.25) is 0 Å². The number of para-hydroxylation sites is 1. The number of Topliss-reactive ketones (excluding diaryl/α,β-unsaturated/α-hetero) is 1. The highest BCUT2D eigenvalue weighted by atomic mass is 16.2. The Bertz CT molecular complexity index is 751. The van der Waals surface area contributed by atoms with E-state index in [2.05, 4.69) is 4.90 Å². The molecule has 6 nitrogen and oxygen atoms in total. The van der Waals surface area contributed by atoms with Gasteiger partial charge in [0.25, 0.3) is 0 Å². The number of benzene rings is 1. The summed E-state index contributed by atoms with van der Waals surface area (Å²) in [4.78, 5) is 43.1. The molecule has 0 bridgehead atoms. The molecule has 28 heavy (non-hydrogen) atoms. The monoisotopic (exact) mass is 383 g/mol. The molecule has 6 heteroatoms. The van der Waals surface area contributed by atoms with Crippen molar-refractivity contribution in [1.29, 1.82) is 0 Å². The quantitative estimate of drug-likeness (QED) is 0.708. The lowest BCUT2D eigenvalue weighted by Gasteiger charge is -2.35. The molecule has 1 saturated heterocycles. The Hall–Kier alpha value is -2.21. The number of hydrogen-bond acceptors (Lipinski definition) is 4. The molecule has 1 saturated carbocycles. The van der Waals surface area contributed by atoms with Crippen LogP contribution in [0.5, 0.6) is 0 Å². The number of unbranched alkanes of at least 4 members (excludes halogenated alkanes) is 1. The first kappa shape index (κ1) is 19.1. The molecule has 0 atom stereocenters. The van der Waals surface area contributed by atoms with Crippen LogP contribution >= 0.6 is 0 Å². The van der Waals surface area contributed by atoms with Crippen LogP contribution in [0.3, 0.4) is 0 Å². The summed E-state index contributed by atoms with van der Waals surface area (Å²) in [5.74, 6) is 0.774. The topological polar surface area (TPSA) is 60.9 Å². The van der Waals surface area contributed by atoms with Gasteiger partial charge in [0, 0.05) is 57.0 Å². The predicted octanol–water partition coefficient (Wildman–Crippen LogP) is 2.33. The van der Waals surface area contributed by atoms with Gasteiger partial charge in [-0.15, -0.1) is 0 Å². The lowest BCUT2D eigenvalue weighted by atomic mass is 10.1. The van der Waals surface area contributed by atoms with Crippen molar-refractivity contribution in [3.63, 3.8) is 0 Å². The number of anilines is 1. The number of ketones is 1. The van der Waals surface area contributed by atoms with Crippen molar-refractivity contribution in [2.24, 2.45) is 5.92 Å². The van der Waals surface area contributed by atoms with Crippen molar-refractivity contribution in [1.82, 2.24) is 9.80 Å². The Morgan fingerprint density at radius 2 is 1.64 bits per heavy atom. The lowest BCUT2D eigenvalue weighted by molar-refractivity contribution is -0.134. The standard InChI is InChI=1S/C22H29N3O3/c26-20-9-10-21(27)25(19-6-2-1-5-18(19)20)12-4-3-11-23-13-15-24(16-14-23)22(28)17-7-8-17/h1-2,5-6,17H,3-4,7-16H2. The van der Waals surface area contributed by atoms with E-state index in [1.807, 2.05) is 29.2 Å². The van der Waals surface area contributed by atoms with Gasteiger partial charge in [0.1, 0.15) is 0 Å². The minimum Gasteiger partial charge on any atom is -0.340 e. The number of fused-ring (bicyclic) bond motifs is 1. The van der Waals surface area contributed by atoms with Gasteiger partial charge in [-0.25, -0.2) is 0 Å². The molecule has 4 rings (SSSR count). The average Bonchev–Trinajstić information content (AvgIpc) is 3.57. The van der Waals surface area contributed by atoms with E-state index in [0.29, 0.717) is 36.8 Å². The molecule has 2 amide bonds. The fourth-order valence-electron chi connectivity index (χ4n) is 4.20. The third-order valence-corrected chi connectivity index (χ3v) is 6.08. The molecule has 1 aliphatic carbocycles. The summed E-state index contributed by atoms with van der Waals surface area (Å²) < 4.78 is 0. The SMILES string of the molecule is O=C1CCC(=O)N(CCCCN2CCN(C(=O)C3CC3)CC2)c2ccccc21. The summed E-state index contributed by atoms with van der Waals surface area (Å²) in [6, 6.07) is 7.46. The first-order valence-corrected chi connectivity index (χ1v) is 10.6. The number of carbonyl (C=O) groups is 3. The van der Waals surface area contributed by atoms with E-state index >= 15 is 0 Å². The van der Waals surface area contributed by atoms with Crippen LogP contribution in [0.1, 0.15) is 48.9 Å². The van der Waals surface area contributed by atoms with Gasteiger partial charge < -0.3 is 9.80 Å². The largest absolute Gasteiger partial charge is 0.340 e. The fourth-order valence-corrected chi connectivity index (χ4v) is 4.20. The molecular weight excluding hydrogens is 354 g/mol. The summed E-state index contributed by atoms with van der Waals surface area (Å²) in [6.07, 6.45) is 4.67. The molecule has 0 spiro atoms.